The lowest BCUT2D eigenvalue weighted by atomic mass is 10.0. The van der Waals surface area contributed by atoms with Crippen molar-refractivity contribution in [3.05, 3.63) is 146 Å². The SMILES string of the molecule is Nc1ccc(-c2ccc(Nc3ccc(-c4ccc5c(c4)c4ccccc4n5-c4ccccc4)cc3)cc2)cc1. The minimum atomic E-state index is 0.777. The van der Waals surface area contributed by atoms with Crippen molar-refractivity contribution in [1.29, 1.82) is 0 Å². The zero-order chi connectivity index (χ0) is 26.2. The van der Waals surface area contributed by atoms with E-state index in [0.717, 1.165) is 22.6 Å². The molecule has 0 fully saturated rings. The van der Waals surface area contributed by atoms with Crippen LogP contribution in [0.3, 0.4) is 0 Å². The molecular weight excluding hydrogens is 474 g/mol. The molecule has 0 amide bonds. The van der Waals surface area contributed by atoms with Gasteiger partial charge in [0.2, 0.25) is 0 Å². The molecule has 0 unspecified atom stereocenters. The van der Waals surface area contributed by atoms with Crippen molar-refractivity contribution < 1.29 is 0 Å². The Hall–Kier alpha value is -5.28. The van der Waals surface area contributed by atoms with E-state index in [4.69, 9.17) is 5.73 Å². The molecular formula is C36H27N3. The Morgan fingerprint density at radius 1 is 0.436 bits per heavy atom. The molecule has 1 heterocycles. The summed E-state index contributed by atoms with van der Waals surface area (Å²) in [6, 6.07) is 51.1. The fraction of sp³-hybridized carbons (Fsp3) is 0. The van der Waals surface area contributed by atoms with Gasteiger partial charge in [-0.05, 0) is 89.0 Å². The number of hydrogen-bond donors (Lipinski definition) is 2. The van der Waals surface area contributed by atoms with Gasteiger partial charge in [0.25, 0.3) is 0 Å². The molecule has 7 aromatic rings. The maximum absolute atomic E-state index is 5.82. The lowest BCUT2D eigenvalue weighted by Crippen LogP contribution is -1.93. The molecule has 0 spiro atoms. The van der Waals surface area contributed by atoms with Gasteiger partial charge in [0, 0.05) is 33.5 Å². The highest BCUT2D eigenvalue weighted by atomic mass is 15.0. The van der Waals surface area contributed by atoms with E-state index in [1.165, 1.54) is 44.2 Å². The number of aromatic nitrogens is 1. The molecule has 0 saturated heterocycles. The van der Waals surface area contributed by atoms with E-state index in [-0.39, 0.29) is 0 Å². The van der Waals surface area contributed by atoms with Gasteiger partial charge in [0.1, 0.15) is 0 Å². The summed E-state index contributed by atoms with van der Waals surface area (Å²) in [5.74, 6) is 0. The third kappa shape index (κ3) is 4.30. The number of hydrogen-bond acceptors (Lipinski definition) is 2. The van der Waals surface area contributed by atoms with Gasteiger partial charge in [0.05, 0.1) is 11.0 Å². The van der Waals surface area contributed by atoms with Crippen LogP contribution in [0, 0.1) is 0 Å². The van der Waals surface area contributed by atoms with Gasteiger partial charge in [-0.2, -0.15) is 0 Å². The van der Waals surface area contributed by atoms with Crippen molar-refractivity contribution in [3.8, 4) is 27.9 Å². The molecule has 6 aromatic carbocycles. The van der Waals surface area contributed by atoms with Crippen LogP contribution in [0.2, 0.25) is 0 Å². The van der Waals surface area contributed by atoms with Gasteiger partial charge in [-0.15, -0.1) is 0 Å². The first-order valence-corrected chi connectivity index (χ1v) is 13.1. The number of nitrogen functional groups attached to an aromatic ring is 1. The molecule has 0 aliphatic rings. The maximum atomic E-state index is 5.82. The molecule has 0 saturated carbocycles. The fourth-order valence-corrected chi connectivity index (χ4v) is 5.34. The van der Waals surface area contributed by atoms with Crippen molar-refractivity contribution in [2.75, 3.05) is 11.1 Å². The summed E-state index contributed by atoms with van der Waals surface area (Å²) in [5, 5.41) is 6.04. The molecule has 39 heavy (non-hydrogen) atoms. The summed E-state index contributed by atoms with van der Waals surface area (Å²) >= 11 is 0. The molecule has 0 aliphatic heterocycles. The van der Waals surface area contributed by atoms with Crippen LogP contribution in [0.25, 0.3) is 49.7 Å². The number of nitrogens with zero attached hydrogens (tertiary/aromatic N) is 1. The molecule has 0 bridgehead atoms. The Bertz CT molecular complexity index is 1900. The monoisotopic (exact) mass is 501 g/mol. The lowest BCUT2D eigenvalue weighted by molar-refractivity contribution is 1.18. The zero-order valence-corrected chi connectivity index (χ0v) is 21.4. The minimum Gasteiger partial charge on any atom is -0.399 e. The summed E-state index contributed by atoms with van der Waals surface area (Å²) in [7, 11) is 0. The largest absolute Gasteiger partial charge is 0.399 e. The Balaban J connectivity index is 1.17. The van der Waals surface area contributed by atoms with E-state index < -0.39 is 0 Å². The summed E-state index contributed by atoms with van der Waals surface area (Å²) in [6.45, 7) is 0. The van der Waals surface area contributed by atoms with E-state index in [9.17, 15) is 0 Å². The molecule has 0 radical (unpaired) electrons. The first-order valence-electron chi connectivity index (χ1n) is 13.1. The van der Waals surface area contributed by atoms with Crippen LogP contribution in [0.1, 0.15) is 0 Å². The molecule has 3 N–H and O–H groups in total. The summed E-state index contributed by atoms with van der Waals surface area (Å²) in [5.41, 5.74) is 17.0. The normalized spacial score (nSPS) is 11.2. The first kappa shape index (κ1) is 22.9. The van der Waals surface area contributed by atoms with Gasteiger partial charge in [-0.3, -0.25) is 0 Å². The third-order valence-electron chi connectivity index (χ3n) is 7.32. The van der Waals surface area contributed by atoms with Crippen LogP contribution < -0.4 is 11.1 Å². The number of nitrogens with two attached hydrogens (primary N) is 1. The Morgan fingerprint density at radius 3 is 1.62 bits per heavy atom. The molecule has 3 nitrogen and oxygen atoms in total. The van der Waals surface area contributed by atoms with Crippen LogP contribution in [-0.4, -0.2) is 4.57 Å². The number of rotatable bonds is 5. The van der Waals surface area contributed by atoms with Gasteiger partial charge in [-0.1, -0.05) is 78.9 Å². The van der Waals surface area contributed by atoms with Gasteiger partial charge in [0.15, 0.2) is 0 Å². The van der Waals surface area contributed by atoms with Crippen molar-refractivity contribution in [1.82, 2.24) is 4.57 Å². The predicted octanol–water partition coefficient (Wildman–Crippen LogP) is 9.44. The highest BCUT2D eigenvalue weighted by Gasteiger charge is 2.13. The van der Waals surface area contributed by atoms with Crippen LogP contribution in [0.4, 0.5) is 17.1 Å². The second-order valence-corrected chi connectivity index (χ2v) is 9.82. The third-order valence-corrected chi connectivity index (χ3v) is 7.32. The van der Waals surface area contributed by atoms with Crippen molar-refractivity contribution in [2.45, 2.75) is 0 Å². The van der Waals surface area contributed by atoms with Crippen molar-refractivity contribution in [3.63, 3.8) is 0 Å². The van der Waals surface area contributed by atoms with Crippen LogP contribution in [0.15, 0.2) is 146 Å². The highest BCUT2D eigenvalue weighted by molar-refractivity contribution is 6.10. The van der Waals surface area contributed by atoms with Crippen molar-refractivity contribution in [2.24, 2.45) is 0 Å². The first-order chi connectivity index (χ1) is 19.2. The van der Waals surface area contributed by atoms with E-state index in [1.807, 2.05) is 24.3 Å². The lowest BCUT2D eigenvalue weighted by Gasteiger charge is -2.10. The number of anilines is 3. The fourth-order valence-electron chi connectivity index (χ4n) is 5.34. The number of para-hydroxylation sites is 2. The van der Waals surface area contributed by atoms with Gasteiger partial charge in [-0.25, -0.2) is 0 Å². The summed E-state index contributed by atoms with van der Waals surface area (Å²) in [6.07, 6.45) is 0. The molecule has 7 rings (SSSR count). The van der Waals surface area contributed by atoms with E-state index >= 15 is 0 Å². The average Bonchev–Trinajstić information content (AvgIpc) is 3.33. The average molecular weight is 502 g/mol. The Morgan fingerprint density at radius 2 is 0.949 bits per heavy atom. The molecule has 186 valence electrons. The minimum absolute atomic E-state index is 0.777. The maximum Gasteiger partial charge on any atom is 0.0541 e. The topological polar surface area (TPSA) is 43.0 Å². The Kier molecular flexibility index (Phi) is 5.60. The van der Waals surface area contributed by atoms with E-state index in [2.05, 4.69) is 131 Å². The van der Waals surface area contributed by atoms with Crippen molar-refractivity contribution >= 4 is 38.9 Å². The summed E-state index contributed by atoms with van der Waals surface area (Å²) in [4.78, 5) is 0. The van der Waals surface area contributed by atoms with E-state index in [0.29, 0.717) is 0 Å². The zero-order valence-electron chi connectivity index (χ0n) is 21.4. The quantitative estimate of drug-likeness (QED) is 0.231. The van der Waals surface area contributed by atoms with E-state index in [1.54, 1.807) is 0 Å². The number of nitrogens with one attached hydrogen (secondary N) is 1. The highest BCUT2D eigenvalue weighted by Crippen LogP contribution is 2.35. The smallest absolute Gasteiger partial charge is 0.0541 e. The van der Waals surface area contributed by atoms with Crippen LogP contribution in [0.5, 0.6) is 0 Å². The second-order valence-electron chi connectivity index (χ2n) is 9.82. The molecule has 1 aromatic heterocycles. The van der Waals surface area contributed by atoms with Gasteiger partial charge >= 0.3 is 0 Å². The molecule has 0 aliphatic carbocycles. The standard InChI is InChI=1S/C36H27N3/c37-29-17-10-25(11-18-29)26-12-19-30(20-13-26)38-31-21-14-27(15-22-31)28-16-23-36-34(24-28)33-8-4-5-9-35(33)39(36)32-6-2-1-3-7-32/h1-24,38H,37H2. The molecule has 0 atom stereocenters. The van der Waals surface area contributed by atoms with Crippen LogP contribution >= 0.6 is 0 Å². The predicted molar refractivity (Wildman–Crippen MR) is 166 cm³/mol. The number of fused-ring (bicyclic) bond motifs is 3. The second kappa shape index (κ2) is 9.55. The van der Waals surface area contributed by atoms with Gasteiger partial charge < -0.3 is 15.6 Å². The number of benzene rings is 6. The molecule has 3 heteroatoms. The summed E-state index contributed by atoms with van der Waals surface area (Å²) < 4.78 is 2.35. The Labute approximate surface area is 227 Å². The van der Waals surface area contributed by atoms with Crippen LogP contribution in [-0.2, 0) is 0 Å².